The molecule has 0 fully saturated rings. The number of hydrogen-bond donors (Lipinski definition) is 1. The van der Waals surface area contributed by atoms with Crippen molar-refractivity contribution in [2.24, 2.45) is 0 Å². The summed E-state index contributed by atoms with van der Waals surface area (Å²) in [7, 11) is -3.70. The molecule has 0 bridgehead atoms. The topological polar surface area (TPSA) is 107 Å². The fourth-order valence-electron chi connectivity index (χ4n) is 2.71. The molecule has 0 aliphatic rings. The maximum atomic E-state index is 12.7. The molecule has 0 aliphatic heterocycles. The van der Waals surface area contributed by atoms with Gasteiger partial charge in [-0.05, 0) is 34.9 Å². The van der Waals surface area contributed by atoms with Crippen molar-refractivity contribution in [3.8, 4) is 11.4 Å². The number of nitrogens with one attached hydrogen (secondary N) is 1. The van der Waals surface area contributed by atoms with Gasteiger partial charge in [0.05, 0.1) is 11.8 Å². The summed E-state index contributed by atoms with van der Waals surface area (Å²) in [6, 6.07) is 11.9. The van der Waals surface area contributed by atoms with Crippen molar-refractivity contribution in [3.63, 3.8) is 0 Å². The van der Waals surface area contributed by atoms with Crippen molar-refractivity contribution in [1.82, 2.24) is 24.9 Å². The van der Waals surface area contributed by atoms with Crippen LogP contribution < -0.4 is 4.72 Å². The van der Waals surface area contributed by atoms with E-state index >= 15 is 0 Å². The molecule has 0 saturated heterocycles. The largest absolute Gasteiger partial charge is 0.416 e. The number of benzene rings is 2. The van der Waals surface area contributed by atoms with Gasteiger partial charge >= 0.3 is 6.18 Å². The first-order chi connectivity index (χ1) is 14.0. The van der Waals surface area contributed by atoms with E-state index in [0.29, 0.717) is 17.5 Å². The Morgan fingerprint density at radius 2 is 1.77 bits per heavy atom. The minimum atomic E-state index is -4.40. The van der Waals surface area contributed by atoms with Crippen molar-refractivity contribution >= 4 is 15.9 Å². The van der Waals surface area contributed by atoms with Crippen LogP contribution in [-0.2, 0) is 34.0 Å². The Hall–Kier alpha value is -3.28. The van der Waals surface area contributed by atoms with E-state index in [0.717, 1.165) is 28.7 Å². The first kappa shape index (κ1) is 21.4. The van der Waals surface area contributed by atoms with Crippen molar-refractivity contribution in [2.75, 3.05) is 6.26 Å². The summed E-state index contributed by atoms with van der Waals surface area (Å²) in [5.74, 6) is -0.621. The summed E-state index contributed by atoms with van der Waals surface area (Å²) in [6.45, 7) is -0.443. The molecule has 0 atom stereocenters. The number of aromatic nitrogens is 4. The third-order valence-electron chi connectivity index (χ3n) is 3.97. The lowest BCUT2D eigenvalue weighted by Crippen LogP contribution is -2.33. The third-order valence-corrected chi connectivity index (χ3v) is 4.57. The lowest BCUT2D eigenvalue weighted by molar-refractivity contribution is -0.137. The lowest BCUT2D eigenvalue weighted by atomic mass is 9.98. The van der Waals surface area contributed by atoms with E-state index in [1.807, 2.05) is 0 Å². The number of sulfonamides is 1. The highest BCUT2D eigenvalue weighted by molar-refractivity contribution is 7.89. The zero-order valence-corrected chi connectivity index (χ0v) is 16.4. The monoisotopic (exact) mass is 439 g/mol. The highest BCUT2D eigenvalue weighted by Crippen LogP contribution is 2.30. The Kier molecular flexibility index (Phi) is 5.87. The summed E-state index contributed by atoms with van der Waals surface area (Å²) in [5, 5.41) is 11.7. The first-order valence-electron chi connectivity index (χ1n) is 8.54. The first-order valence-corrected chi connectivity index (χ1v) is 10.4. The van der Waals surface area contributed by atoms with Crippen LogP contribution in [0, 0.1) is 0 Å². The lowest BCUT2D eigenvalue weighted by Gasteiger charge is -2.09. The number of carbonyl (C=O) groups excluding carboxylic acids is 1. The minimum Gasteiger partial charge on any atom is -0.272 e. The van der Waals surface area contributed by atoms with E-state index in [-0.39, 0.29) is 5.82 Å². The van der Waals surface area contributed by atoms with Crippen LogP contribution in [0.1, 0.15) is 16.7 Å². The normalized spacial score (nSPS) is 12.0. The Labute approximate surface area is 169 Å². The van der Waals surface area contributed by atoms with Crippen LogP contribution in [0.2, 0.25) is 0 Å². The van der Waals surface area contributed by atoms with Gasteiger partial charge in [0.15, 0.2) is 0 Å². The Bertz CT molecular complexity index is 1160. The predicted molar refractivity (Wildman–Crippen MR) is 100 cm³/mol. The van der Waals surface area contributed by atoms with E-state index in [4.69, 9.17) is 0 Å². The van der Waals surface area contributed by atoms with Gasteiger partial charge in [-0.3, -0.25) is 9.52 Å². The average molecular weight is 439 g/mol. The number of hydrogen-bond acceptors (Lipinski definition) is 6. The van der Waals surface area contributed by atoms with Gasteiger partial charge in [0.25, 0.3) is 5.91 Å². The van der Waals surface area contributed by atoms with Gasteiger partial charge in [-0.2, -0.15) is 18.0 Å². The molecule has 1 heterocycles. The third kappa shape index (κ3) is 5.63. The average Bonchev–Trinajstić information content (AvgIpc) is 3.08. The molecular formula is C18H16F3N5O3S. The molecule has 1 amide bonds. The van der Waals surface area contributed by atoms with Crippen LogP contribution in [0.25, 0.3) is 11.4 Å². The molecule has 0 spiro atoms. The number of rotatable bonds is 6. The second kappa shape index (κ2) is 8.22. The zero-order chi connectivity index (χ0) is 21.9. The molecule has 0 radical (unpaired) electrons. The molecule has 0 unspecified atom stereocenters. The van der Waals surface area contributed by atoms with E-state index in [1.165, 1.54) is 12.1 Å². The maximum Gasteiger partial charge on any atom is 0.416 e. The Morgan fingerprint density at radius 1 is 1.10 bits per heavy atom. The fraction of sp³-hybridized carbons (Fsp3) is 0.222. The molecule has 158 valence electrons. The van der Waals surface area contributed by atoms with Crippen molar-refractivity contribution in [1.29, 1.82) is 0 Å². The number of alkyl halides is 3. The minimum absolute atomic E-state index is 0.199. The van der Waals surface area contributed by atoms with Gasteiger partial charge in [0.1, 0.15) is 6.54 Å². The molecule has 2 aromatic carbocycles. The van der Waals surface area contributed by atoms with Gasteiger partial charge < -0.3 is 0 Å². The van der Waals surface area contributed by atoms with E-state index in [2.05, 4.69) is 15.4 Å². The number of nitrogens with zero attached hydrogens (tertiary/aromatic N) is 4. The van der Waals surface area contributed by atoms with Crippen molar-refractivity contribution < 1.29 is 26.4 Å². The second-order valence-corrected chi connectivity index (χ2v) is 8.22. The summed E-state index contributed by atoms with van der Waals surface area (Å²) >= 11 is 0. The fourth-order valence-corrected chi connectivity index (χ4v) is 3.19. The molecule has 1 N–H and O–H groups in total. The molecule has 0 aliphatic carbocycles. The molecule has 0 saturated carbocycles. The molecule has 3 aromatic rings. The van der Waals surface area contributed by atoms with Gasteiger partial charge in [-0.25, -0.2) is 8.42 Å². The molecule has 8 nitrogen and oxygen atoms in total. The van der Waals surface area contributed by atoms with Crippen molar-refractivity contribution in [2.45, 2.75) is 19.1 Å². The Morgan fingerprint density at radius 3 is 2.40 bits per heavy atom. The van der Waals surface area contributed by atoms with E-state index in [1.54, 1.807) is 29.0 Å². The van der Waals surface area contributed by atoms with Crippen LogP contribution in [0.5, 0.6) is 0 Å². The molecule has 1 aromatic heterocycles. The van der Waals surface area contributed by atoms with Gasteiger partial charge in [0.2, 0.25) is 15.8 Å². The Balaban J connectivity index is 1.79. The van der Waals surface area contributed by atoms with Crippen molar-refractivity contribution in [3.05, 3.63) is 65.2 Å². The number of halogens is 3. The summed E-state index contributed by atoms with van der Waals surface area (Å²) in [4.78, 5) is 12.6. The SMILES string of the molecule is CS(=O)(=O)NC(=O)Cn1nnc(-c2ccccc2Cc2ccc(C(F)(F)F)cc2)n1. The second-order valence-electron chi connectivity index (χ2n) is 6.47. The van der Waals surface area contributed by atoms with Crippen LogP contribution in [0.4, 0.5) is 13.2 Å². The van der Waals surface area contributed by atoms with Gasteiger partial charge in [-0.15, -0.1) is 10.2 Å². The van der Waals surface area contributed by atoms with E-state index < -0.39 is 34.2 Å². The molecule has 12 heteroatoms. The maximum absolute atomic E-state index is 12.7. The van der Waals surface area contributed by atoms with Gasteiger partial charge in [-0.1, -0.05) is 36.4 Å². The van der Waals surface area contributed by atoms with Crippen LogP contribution in [0.15, 0.2) is 48.5 Å². The highest BCUT2D eigenvalue weighted by Gasteiger charge is 2.29. The highest BCUT2D eigenvalue weighted by atomic mass is 32.2. The number of carbonyl (C=O) groups is 1. The van der Waals surface area contributed by atoms with Crippen LogP contribution in [-0.4, -0.2) is 40.8 Å². The molecule has 30 heavy (non-hydrogen) atoms. The predicted octanol–water partition coefficient (Wildman–Crippen LogP) is 2.03. The number of tetrazole rings is 1. The molecule has 3 rings (SSSR count). The standard InChI is InChI=1S/C18H16F3N5O3S/c1-30(28,29)24-16(27)11-26-23-17(22-25-26)15-5-3-2-4-13(15)10-12-6-8-14(9-7-12)18(19,20)21/h2-9H,10-11H2,1H3,(H,24,27). The summed E-state index contributed by atoms with van der Waals surface area (Å²) in [5.41, 5.74) is 1.27. The zero-order valence-electron chi connectivity index (χ0n) is 15.6. The van der Waals surface area contributed by atoms with Gasteiger partial charge in [0, 0.05) is 5.56 Å². The summed E-state index contributed by atoms with van der Waals surface area (Å²) in [6.07, 6.45) is -3.22. The van der Waals surface area contributed by atoms with Crippen LogP contribution >= 0.6 is 0 Å². The molecular weight excluding hydrogens is 423 g/mol. The quantitative estimate of drug-likeness (QED) is 0.630. The number of amides is 1. The summed E-state index contributed by atoms with van der Waals surface area (Å²) < 4.78 is 62.2. The van der Waals surface area contributed by atoms with Crippen LogP contribution in [0.3, 0.4) is 0 Å². The smallest absolute Gasteiger partial charge is 0.272 e. The van der Waals surface area contributed by atoms with E-state index in [9.17, 15) is 26.4 Å².